The molecule has 1 saturated heterocycles. The van der Waals surface area contributed by atoms with Crippen LogP contribution in [0.2, 0.25) is 0 Å². The smallest absolute Gasteiger partial charge is 0.245 e. The fourth-order valence-corrected chi connectivity index (χ4v) is 1.75. The van der Waals surface area contributed by atoms with Gasteiger partial charge in [0, 0.05) is 19.2 Å². The van der Waals surface area contributed by atoms with Gasteiger partial charge in [-0.3, -0.25) is 4.79 Å². The Balaban J connectivity index is 0.00000225. The predicted octanol–water partition coefficient (Wildman–Crippen LogP) is 1.09. The summed E-state index contributed by atoms with van der Waals surface area (Å²) in [6.07, 6.45) is 4.49. The van der Waals surface area contributed by atoms with E-state index in [0.29, 0.717) is 12.6 Å². The van der Waals surface area contributed by atoms with Crippen molar-refractivity contribution in [3.05, 3.63) is 0 Å². The fourth-order valence-electron chi connectivity index (χ4n) is 1.75. The normalized spacial score (nSPS) is 19.2. The first-order valence-corrected chi connectivity index (χ1v) is 5.90. The lowest BCUT2D eigenvalue weighted by Crippen LogP contribution is -2.32. The molecule has 0 unspecified atom stereocenters. The van der Waals surface area contributed by atoms with E-state index in [2.05, 4.69) is 10.6 Å². The van der Waals surface area contributed by atoms with Crippen molar-refractivity contribution in [1.82, 2.24) is 10.6 Å². The highest BCUT2D eigenvalue weighted by Gasteiger charge is 2.13. The van der Waals surface area contributed by atoms with Crippen molar-refractivity contribution in [2.75, 3.05) is 26.3 Å². The summed E-state index contributed by atoms with van der Waals surface area (Å²) >= 11 is 0. The van der Waals surface area contributed by atoms with Crippen LogP contribution in [0.5, 0.6) is 0 Å². The third-order valence-electron chi connectivity index (χ3n) is 2.56. The van der Waals surface area contributed by atoms with Crippen LogP contribution in [0.1, 0.15) is 32.6 Å². The molecule has 0 saturated carbocycles. The molecule has 1 aliphatic rings. The van der Waals surface area contributed by atoms with Crippen molar-refractivity contribution < 1.29 is 9.53 Å². The Labute approximate surface area is 104 Å². The van der Waals surface area contributed by atoms with Gasteiger partial charge < -0.3 is 15.4 Å². The minimum absolute atomic E-state index is 0. The average Bonchev–Trinajstić information content (AvgIpc) is 2.71. The van der Waals surface area contributed by atoms with Crippen LogP contribution in [0, 0.1) is 0 Å². The first kappa shape index (κ1) is 15.7. The van der Waals surface area contributed by atoms with Crippen molar-refractivity contribution in [1.29, 1.82) is 0 Å². The molecule has 0 aromatic heterocycles. The van der Waals surface area contributed by atoms with Gasteiger partial charge in [0.05, 0.1) is 0 Å². The molecule has 5 heteroatoms. The maximum Gasteiger partial charge on any atom is 0.245 e. The number of carbonyl (C=O) groups is 1. The van der Waals surface area contributed by atoms with Gasteiger partial charge in [0.15, 0.2) is 0 Å². The maximum atomic E-state index is 11.2. The molecule has 1 heterocycles. The van der Waals surface area contributed by atoms with Crippen molar-refractivity contribution in [3.63, 3.8) is 0 Å². The number of hydrogen-bond donors (Lipinski definition) is 2. The lowest BCUT2D eigenvalue weighted by atomic mass is 10.1. The average molecular weight is 251 g/mol. The molecule has 0 radical (unpaired) electrons. The van der Waals surface area contributed by atoms with E-state index < -0.39 is 0 Å². The molecule has 1 fully saturated rings. The van der Waals surface area contributed by atoms with Crippen LogP contribution in [0.25, 0.3) is 0 Å². The summed E-state index contributed by atoms with van der Waals surface area (Å²) in [7, 11) is 0. The standard InChI is InChI=1S/C11H22N2O2.ClH/c1-2-8-15-9-11(14)13-7-5-10-4-3-6-12-10;/h10,12H,2-9H2,1H3,(H,13,14);1H/t10-;/m1./s1. The molecule has 1 aliphatic heterocycles. The van der Waals surface area contributed by atoms with Crippen molar-refractivity contribution in [2.24, 2.45) is 0 Å². The molecule has 0 aromatic carbocycles. The van der Waals surface area contributed by atoms with Crippen LogP contribution in [0.15, 0.2) is 0 Å². The Morgan fingerprint density at radius 2 is 2.38 bits per heavy atom. The molecule has 1 rings (SSSR count). The summed E-state index contributed by atoms with van der Waals surface area (Å²) in [4.78, 5) is 11.2. The fraction of sp³-hybridized carbons (Fsp3) is 0.909. The lowest BCUT2D eigenvalue weighted by Gasteiger charge is -2.10. The van der Waals surface area contributed by atoms with Gasteiger partial charge >= 0.3 is 0 Å². The van der Waals surface area contributed by atoms with Gasteiger partial charge in [-0.1, -0.05) is 6.92 Å². The number of halogens is 1. The molecule has 16 heavy (non-hydrogen) atoms. The number of hydrogen-bond acceptors (Lipinski definition) is 3. The summed E-state index contributed by atoms with van der Waals surface area (Å²) in [5.74, 6) is 0.00134. The van der Waals surface area contributed by atoms with Gasteiger partial charge in [-0.2, -0.15) is 0 Å². The van der Waals surface area contributed by atoms with Crippen LogP contribution in [-0.4, -0.2) is 38.3 Å². The summed E-state index contributed by atoms with van der Waals surface area (Å²) in [6.45, 7) is 4.78. The second-order valence-corrected chi connectivity index (χ2v) is 3.98. The topological polar surface area (TPSA) is 50.4 Å². The van der Waals surface area contributed by atoms with E-state index in [1.807, 2.05) is 6.92 Å². The minimum Gasteiger partial charge on any atom is -0.372 e. The number of carbonyl (C=O) groups excluding carboxylic acids is 1. The van der Waals surface area contributed by atoms with Gasteiger partial charge in [0.2, 0.25) is 5.91 Å². The van der Waals surface area contributed by atoms with Gasteiger partial charge in [-0.15, -0.1) is 12.4 Å². The zero-order chi connectivity index (χ0) is 10.9. The van der Waals surface area contributed by atoms with E-state index >= 15 is 0 Å². The minimum atomic E-state index is 0. The summed E-state index contributed by atoms with van der Waals surface area (Å²) in [6, 6.07) is 0.599. The second-order valence-electron chi connectivity index (χ2n) is 3.98. The van der Waals surface area contributed by atoms with Crippen LogP contribution < -0.4 is 10.6 Å². The summed E-state index contributed by atoms with van der Waals surface area (Å²) in [5.41, 5.74) is 0. The number of nitrogens with one attached hydrogen (secondary N) is 2. The highest BCUT2D eigenvalue weighted by Crippen LogP contribution is 2.07. The second kappa shape index (κ2) is 9.87. The molecule has 1 atom stereocenters. The molecule has 0 aromatic rings. The van der Waals surface area contributed by atoms with Gasteiger partial charge in [0.25, 0.3) is 0 Å². The van der Waals surface area contributed by atoms with Crippen LogP contribution in [-0.2, 0) is 9.53 Å². The lowest BCUT2D eigenvalue weighted by molar-refractivity contribution is -0.125. The molecule has 0 aliphatic carbocycles. The van der Waals surface area contributed by atoms with Crippen molar-refractivity contribution in [2.45, 2.75) is 38.6 Å². The predicted molar refractivity (Wildman–Crippen MR) is 67.0 cm³/mol. The molecular formula is C11H23ClN2O2. The van der Waals surface area contributed by atoms with E-state index in [1.165, 1.54) is 12.8 Å². The van der Waals surface area contributed by atoms with E-state index in [4.69, 9.17) is 4.74 Å². The molecule has 96 valence electrons. The largest absolute Gasteiger partial charge is 0.372 e. The molecular weight excluding hydrogens is 228 g/mol. The van der Waals surface area contributed by atoms with Crippen LogP contribution in [0.4, 0.5) is 0 Å². The quantitative estimate of drug-likeness (QED) is 0.666. The van der Waals surface area contributed by atoms with E-state index in [9.17, 15) is 4.79 Å². The number of amides is 1. The van der Waals surface area contributed by atoms with E-state index in [0.717, 1.165) is 25.9 Å². The molecule has 0 spiro atoms. The van der Waals surface area contributed by atoms with Crippen molar-refractivity contribution >= 4 is 18.3 Å². The van der Waals surface area contributed by atoms with Crippen molar-refractivity contribution in [3.8, 4) is 0 Å². The third-order valence-corrected chi connectivity index (χ3v) is 2.56. The Morgan fingerprint density at radius 1 is 1.56 bits per heavy atom. The molecule has 0 bridgehead atoms. The Bertz CT molecular complexity index is 185. The molecule has 4 nitrogen and oxygen atoms in total. The first-order chi connectivity index (χ1) is 7.33. The SMILES string of the molecule is CCCOCC(=O)NCC[C@H]1CCCN1.Cl. The zero-order valence-electron chi connectivity index (χ0n) is 9.96. The molecule has 1 amide bonds. The highest BCUT2D eigenvalue weighted by molar-refractivity contribution is 5.85. The Hall–Kier alpha value is -0.320. The zero-order valence-corrected chi connectivity index (χ0v) is 10.8. The third kappa shape index (κ3) is 7.04. The maximum absolute atomic E-state index is 11.2. The summed E-state index contributed by atoms with van der Waals surface area (Å²) < 4.78 is 5.14. The van der Waals surface area contributed by atoms with E-state index in [1.54, 1.807) is 0 Å². The molecule has 2 N–H and O–H groups in total. The summed E-state index contributed by atoms with van der Waals surface area (Å²) in [5, 5.41) is 6.26. The van der Waals surface area contributed by atoms with Gasteiger partial charge in [-0.05, 0) is 32.2 Å². The van der Waals surface area contributed by atoms with Crippen LogP contribution in [0.3, 0.4) is 0 Å². The number of ether oxygens (including phenoxy) is 1. The monoisotopic (exact) mass is 250 g/mol. The highest BCUT2D eigenvalue weighted by atomic mass is 35.5. The number of rotatable bonds is 7. The van der Waals surface area contributed by atoms with Crippen LogP contribution >= 0.6 is 12.4 Å². The Kier molecular flexibility index (Phi) is 9.68. The van der Waals surface area contributed by atoms with E-state index in [-0.39, 0.29) is 24.9 Å². The van der Waals surface area contributed by atoms with Gasteiger partial charge in [0.1, 0.15) is 6.61 Å². The Morgan fingerprint density at radius 3 is 3.00 bits per heavy atom. The first-order valence-electron chi connectivity index (χ1n) is 5.90. The van der Waals surface area contributed by atoms with Gasteiger partial charge in [-0.25, -0.2) is 0 Å².